The van der Waals surface area contributed by atoms with E-state index in [-0.39, 0.29) is 0 Å². The number of aromatic nitrogens is 1. The van der Waals surface area contributed by atoms with Crippen LogP contribution in [0.3, 0.4) is 0 Å². The lowest BCUT2D eigenvalue weighted by Gasteiger charge is -2.29. The van der Waals surface area contributed by atoms with Gasteiger partial charge in [0, 0.05) is 30.9 Å². The first-order chi connectivity index (χ1) is 7.11. The van der Waals surface area contributed by atoms with E-state index in [0.717, 1.165) is 13.0 Å². The average Bonchev–Trinajstić information content (AvgIpc) is 2.18. The van der Waals surface area contributed by atoms with E-state index >= 15 is 0 Å². The highest BCUT2D eigenvalue weighted by molar-refractivity contribution is 14.1. The van der Waals surface area contributed by atoms with E-state index < -0.39 is 0 Å². The topological polar surface area (TPSA) is 16.1 Å². The zero-order valence-corrected chi connectivity index (χ0v) is 11.8. The largest absolute Gasteiger partial charge is 0.289 e. The Kier molecular flexibility index (Phi) is 5.53. The lowest BCUT2D eigenvalue weighted by atomic mass is 10.2. The lowest BCUT2D eigenvalue weighted by Crippen LogP contribution is -2.36. The number of hydrogen-bond acceptors (Lipinski definition) is 2. The fourth-order valence-electron chi connectivity index (χ4n) is 1.64. The van der Waals surface area contributed by atoms with Gasteiger partial charge in [0.15, 0.2) is 0 Å². The van der Waals surface area contributed by atoms with E-state index in [0.29, 0.717) is 10.1 Å². The van der Waals surface area contributed by atoms with Crippen molar-refractivity contribution in [1.29, 1.82) is 0 Å². The summed E-state index contributed by atoms with van der Waals surface area (Å²) in [5.74, 6) is 0. The van der Waals surface area contributed by atoms with E-state index in [1.54, 1.807) is 0 Å². The van der Waals surface area contributed by atoms with Gasteiger partial charge >= 0.3 is 0 Å². The zero-order chi connectivity index (χ0) is 11.3. The van der Waals surface area contributed by atoms with Crippen molar-refractivity contribution < 1.29 is 0 Å². The molecule has 1 aromatic rings. The highest BCUT2D eigenvalue weighted by Crippen LogP contribution is 2.12. The SMILES string of the molecule is CC(C)N(CCc1ccccn1)C(C)I. The second kappa shape index (κ2) is 6.43. The molecule has 84 valence electrons. The number of rotatable bonds is 5. The van der Waals surface area contributed by atoms with Crippen molar-refractivity contribution in [3.63, 3.8) is 0 Å². The van der Waals surface area contributed by atoms with Gasteiger partial charge in [-0.15, -0.1) is 0 Å². The summed E-state index contributed by atoms with van der Waals surface area (Å²) >= 11 is 2.47. The van der Waals surface area contributed by atoms with Gasteiger partial charge in [-0.3, -0.25) is 9.88 Å². The quantitative estimate of drug-likeness (QED) is 0.471. The fourth-order valence-corrected chi connectivity index (χ4v) is 2.56. The third kappa shape index (κ3) is 4.47. The molecule has 0 aliphatic carbocycles. The first-order valence-corrected chi connectivity index (χ1v) is 6.65. The summed E-state index contributed by atoms with van der Waals surface area (Å²) in [7, 11) is 0. The molecule has 0 aromatic carbocycles. The van der Waals surface area contributed by atoms with Crippen LogP contribution in [-0.4, -0.2) is 26.5 Å². The van der Waals surface area contributed by atoms with Crippen molar-refractivity contribution in [3.8, 4) is 0 Å². The molecule has 0 amide bonds. The van der Waals surface area contributed by atoms with Gasteiger partial charge in [0.05, 0.1) is 4.05 Å². The first-order valence-electron chi connectivity index (χ1n) is 5.41. The summed E-state index contributed by atoms with van der Waals surface area (Å²) in [6.45, 7) is 7.80. The second-order valence-electron chi connectivity index (χ2n) is 3.98. The van der Waals surface area contributed by atoms with E-state index in [9.17, 15) is 0 Å². The molecule has 1 heterocycles. The van der Waals surface area contributed by atoms with Gasteiger partial charge in [-0.2, -0.15) is 0 Å². The van der Waals surface area contributed by atoms with Gasteiger partial charge < -0.3 is 0 Å². The van der Waals surface area contributed by atoms with Gasteiger partial charge in [0.1, 0.15) is 0 Å². The van der Waals surface area contributed by atoms with Gasteiger partial charge in [0.2, 0.25) is 0 Å². The monoisotopic (exact) mass is 318 g/mol. The Morgan fingerprint density at radius 3 is 2.53 bits per heavy atom. The van der Waals surface area contributed by atoms with Gasteiger partial charge in [-0.25, -0.2) is 0 Å². The van der Waals surface area contributed by atoms with E-state index in [2.05, 4.69) is 65.4 Å². The standard InChI is InChI=1S/C12H19IN2/c1-10(2)15(11(3)13)9-7-12-6-4-5-8-14-12/h4-6,8,10-11H,7,9H2,1-3H3. The smallest absolute Gasteiger partial charge is 0.0592 e. The number of halogens is 1. The van der Waals surface area contributed by atoms with Crippen molar-refractivity contribution in [3.05, 3.63) is 30.1 Å². The van der Waals surface area contributed by atoms with Crippen molar-refractivity contribution in [2.45, 2.75) is 37.3 Å². The third-order valence-corrected chi connectivity index (χ3v) is 3.19. The van der Waals surface area contributed by atoms with Crippen LogP contribution in [-0.2, 0) is 6.42 Å². The lowest BCUT2D eigenvalue weighted by molar-refractivity contribution is 0.225. The van der Waals surface area contributed by atoms with Crippen molar-refractivity contribution in [2.24, 2.45) is 0 Å². The first kappa shape index (κ1) is 12.9. The number of pyridine rings is 1. The normalized spacial score (nSPS) is 13.5. The van der Waals surface area contributed by atoms with Crippen LogP contribution in [0.25, 0.3) is 0 Å². The summed E-state index contributed by atoms with van der Waals surface area (Å²) in [5, 5.41) is 0. The van der Waals surface area contributed by atoms with E-state index in [4.69, 9.17) is 0 Å². The fraction of sp³-hybridized carbons (Fsp3) is 0.583. The molecule has 2 nitrogen and oxygen atoms in total. The van der Waals surface area contributed by atoms with Crippen LogP contribution in [0.4, 0.5) is 0 Å². The molecule has 0 fully saturated rings. The highest BCUT2D eigenvalue weighted by atomic mass is 127. The maximum atomic E-state index is 4.34. The molecule has 1 aromatic heterocycles. The van der Waals surface area contributed by atoms with Crippen molar-refractivity contribution in [2.75, 3.05) is 6.54 Å². The third-order valence-electron chi connectivity index (χ3n) is 2.47. The van der Waals surface area contributed by atoms with Gasteiger partial charge in [-0.1, -0.05) is 28.7 Å². The summed E-state index contributed by atoms with van der Waals surface area (Å²) in [6, 6.07) is 6.71. The highest BCUT2D eigenvalue weighted by Gasteiger charge is 2.13. The van der Waals surface area contributed by atoms with Crippen LogP contribution in [0, 0.1) is 0 Å². The minimum atomic E-state index is 0.575. The van der Waals surface area contributed by atoms with Crippen LogP contribution in [0.15, 0.2) is 24.4 Å². The molecular weight excluding hydrogens is 299 g/mol. The summed E-state index contributed by atoms with van der Waals surface area (Å²) in [4.78, 5) is 6.82. The van der Waals surface area contributed by atoms with E-state index in [1.165, 1.54) is 5.69 Å². The van der Waals surface area contributed by atoms with Crippen LogP contribution in [0.2, 0.25) is 0 Å². The molecule has 1 atom stereocenters. The minimum Gasteiger partial charge on any atom is -0.289 e. The van der Waals surface area contributed by atoms with Crippen LogP contribution in [0.5, 0.6) is 0 Å². The summed E-state index contributed by atoms with van der Waals surface area (Å²) < 4.78 is 0.575. The molecule has 0 aliphatic rings. The van der Waals surface area contributed by atoms with Crippen LogP contribution in [0.1, 0.15) is 26.5 Å². The molecule has 0 bridgehead atoms. The number of nitrogens with zero attached hydrogens (tertiary/aromatic N) is 2. The van der Waals surface area contributed by atoms with Gasteiger partial charge in [0.25, 0.3) is 0 Å². The number of hydrogen-bond donors (Lipinski definition) is 0. The summed E-state index contributed by atoms with van der Waals surface area (Å²) in [5.41, 5.74) is 1.18. The molecule has 0 saturated carbocycles. The van der Waals surface area contributed by atoms with Crippen molar-refractivity contribution >= 4 is 22.6 Å². The molecule has 1 rings (SSSR count). The van der Waals surface area contributed by atoms with E-state index in [1.807, 2.05) is 12.3 Å². The molecule has 0 N–H and O–H groups in total. The Labute approximate surface area is 106 Å². The predicted octanol–water partition coefficient (Wildman–Crippen LogP) is 3.12. The van der Waals surface area contributed by atoms with Gasteiger partial charge in [-0.05, 0) is 32.9 Å². The van der Waals surface area contributed by atoms with Crippen LogP contribution < -0.4 is 0 Å². The molecule has 0 spiro atoms. The Morgan fingerprint density at radius 1 is 1.33 bits per heavy atom. The Hall–Kier alpha value is -0.160. The number of alkyl halides is 1. The van der Waals surface area contributed by atoms with Crippen molar-refractivity contribution in [1.82, 2.24) is 9.88 Å². The minimum absolute atomic E-state index is 0.575. The summed E-state index contributed by atoms with van der Waals surface area (Å²) in [6.07, 6.45) is 2.90. The molecule has 0 radical (unpaired) electrons. The maximum absolute atomic E-state index is 4.34. The molecular formula is C12H19IN2. The Balaban J connectivity index is 2.47. The molecule has 3 heteroatoms. The average molecular weight is 318 g/mol. The molecule has 15 heavy (non-hydrogen) atoms. The maximum Gasteiger partial charge on any atom is 0.0592 e. The molecule has 1 unspecified atom stereocenters. The van der Waals surface area contributed by atoms with Crippen LogP contribution >= 0.6 is 22.6 Å². The Bertz CT molecular complexity index is 264. The predicted molar refractivity (Wildman–Crippen MR) is 73.3 cm³/mol. The Morgan fingerprint density at radius 2 is 2.07 bits per heavy atom. The zero-order valence-electron chi connectivity index (χ0n) is 9.65. The molecule has 0 saturated heterocycles. The molecule has 0 aliphatic heterocycles. The second-order valence-corrected chi connectivity index (χ2v) is 5.78.